The van der Waals surface area contributed by atoms with Crippen LogP contribution in [0, 0.1) is 0 Å². The quantitative estimate of drug-likeness (QED) is 0.923. The van der Waals surface area contributed by atoms with Crippen LogP contribution in [0.15, 0.2) is 9.27 Å². The third kappa shape index (κ3) is 2.75. The van der Waals surface area contributed by atoms with Crippen molar-refractivity contribution in [2.24, 2.45) is 0 Å². The van der Waals surface area contributed by atoms with Crippen molar-refractivity contribution in [3.63, 3.8) is 0 Å². The van der Waals surface area contributed by atoms with Gasteiger partial charge in [0.1, 0.15) is 15.9 Å². The Balaban J connectivity index is 2.52. The fourth-order valence-corrected chi connectivity index (χ4v) is 2.96. The highest BCUT2D eigenvalue weighted by atomic mass is 79.9. The predicted octanol–water partition coefficient (Wildman–Crippen LogP) is 2.31. The molecule has 0 aromatic carbocycles. The Labute approximate surface area is 120 Å². The van der Waals surface area contributed by atoms with Crippen LogP contribution in [0.5, 0.6) is 0 Å². The van der Waals surface area contributed by atoms with Gasteiger partial charge in [0.05, 0.1) is 5.69 Å². The smallest absolute Gasteiger partial charge is 0.265 e. The Morgan fingerprint density at radius 2 is 2.05 bits per heavy atom. The number of hydrogen-bond acceptors (Lipinski definition) is 4. The van der Waals surface area contributed by atoms with Gasteiger partial charge in [0.2, 0.25) is 0 Å². The summed E-state index contributed by atoms with van der Waals surface area (Å²) in [4.78, 5) is 19.5. The third-order valence-corrected chi connectivity index (χ3v) is 4.32. The average Bonchev–Trinajstić information content (AvgIpc) is 2.42. The first-order valence-corrected chi connectivity index (χ1v) is 7.22. The number of nitrogens with one attached hydrogen (secondary N) is 1. The van der Waals surface area contributed by atoms with Gasteiger partial charge in [0.25, 0.3) is 5.56 Å². The molecule has 2 heterocycles. The molecule has 1 N–H and O–H groups in total. The van der Waals surface area contributed by atoms with E-state index in [9.17, 15) is 4.79 Å². The van der Waals surface area contributed by atoms with Gasteiger partial charge >= 0.3 is 0 Å². The highest BCUT2D eigenvalue weighted by molar-refractivity contribution is 9.10. The number of H-pyrrole nitrogens is 1. The van der Waals surface area contributed by atoms with Crippen molar-refractivity contribution in [2.75, 3.05) is 20.3 Å². The number of methoxy groups -OCH3 is 1. The molecule has 1 saturated heterocycles. The molecule has 6 heteroatoms. The zero-order valence-electron chi connectivity index (χ0n) is 11.5. The monoisotopic (exact) mass is 330 g/mol. The molecule has 0 unspecified atom stereocenters. The molecule has 106 valence electrons. The minimum atomic E-state index is -0.540. The number of halogens is 1. The van der Waals surface area contributed by atoms with Crippen LogP contribution in [-0.2, 0) is 15.1 Å². The van der Waals surface area contributed by atoms with Crippen LogP contribution < -0.4 is 5.56 Å². The molecule has 1 aromatic heterocycles. The molecule has 0 atom stereocenters. The Hall–Kier alpha value is -0.720. The summed E-state index contributed by atoms with van der Waals surface area (Å²) in [6, 6.07) is 0. The predicted molar refractivity (Wildman–Crippen MR) is 75.4 cm³/mol. The van der Waals surface area contributed by atoms with Gasteiger partial charge in [-0.15, -0.1) is 0 Å². The molecule has 0 spiro atoms. The van der Waals surface area contributed by atoms with E-state index in [1.165, 1.54) is 0 Å². The summed E-state index contributed by atoms with van der Waals surface area (Å²) in [5.41, 5.74) is 0.0696. The minimum absolute atomic E-state index is 0.156. The summed E-state index contributed by atoms with van der Waals surface area (Å²) in [5.74, 6) is 0.777. The van der Waals surface area contributed by atoms with Crippen molar-refractivity contribution >= 4 is 15.9 Å². The van der Waals surface area contributed by atoms with Crippen LogP contribution in [0.4, 0.5) is 0 Å². The summed E-state index contributed by atoms with van der Waals surface area (Å²) in [6.45, 7) is 5.26. The van der Waals surface area contributed by atoms with Crippen molar-refractivity contribution in [3.8, 4) is 0 Å². The maximum absolute atomic E-state index is 12.0. The molecule has 0 radical (unpaired) electrons. The van der Waals surface area contributed by atoms with Gasteiger partial charge in [0, 0.05) is 33.2 Å². The van der Waals surface area contributed by atoms with E-state index in [0.717, 1.165) is 5.69 Å². The van der Waals surface area contributed by atoms with E-state index in [1.54, 1.807) is 7.11 Å². The first kappa shape index (κ1) is 14.7. The molecule has 0 amide bonds. The number of nitrogens with zero attached hydrogens (tertiary/aromatic N) is 1. The second kappa shape index (κ2) is 5.73. The van der Waals surface area contributed by atoms with Crippen LogP contribution >= 0.6 is 15.9 Å². The largest absolute Gasteiger partial charge is 0.381 e. The Kier molecular flexibility index (Phi) is 4.43. The lowest BCUT2D eigenvalue weighted by molar-refractivity contribution is -0.100. The molecule has 0 aliphatic carbocycles. The van der Waals surface area contributed by atoms with E-state index in [-0.39, 0.29) is 11.5 Å². The van der Waals surface area contributed by atoms with Crippen LogP contribution in [-0.4, -0.2) is 30.3 Å². The molecule has 0 bridgehead atoms. The lowest BCUT2D eigenvalue weighted by atomic mass is 9.92. The number of rotatable bonds is 3. The molecule has 0 saturated carbocycles. The van der Waals surface area contributed by atoms with Crippen LogP contribution in [0.2, 0.25) is 0 Å². The Morgan fingerprint density at radius 3 is 2.58 bits per heavy atom. The first-order chi connectivity index (χ1) is 9.00. The number of hydrogen-bond donors (Lipinski definition) is 1. The minimum Gasteiger partial charge on any atom is -0.381 e. The van der Waals surface area contributed by atoms with Crippen molar-refractivity contribution in [1.29, 1.82) is 0 Å². The van der Waals surface area contributed by atoms with E-state index >= 15 is 0 Å². The first-order valence-electron chi connectivity index (χ1n) is 6.43. The van der Waals surface area contributed by atoms with Crippen LogP contribution in [0.1, 0.15) is 44.1 Å². The summed E-state index contributed by atoms with van der Waals surface area (Å²) in [5, 5.41) is 0. The Bertz CT molecular complexity index is 507. The zero-order valence-corrected chi connectivity index (χ0v) is 13.0. The zero-order chi connectivity index (χ0) is 14.0. The van der Waals surface area contributed by atoms with E-state index in [0.29, 0.717) is 36.4 Å². The van der Waals surface area contributed by atoms with E-state index in [4.69, 9.17) is 9.47 Å². The number of aromatic amines is 1. The lowest BCUT2D eigenvalue weighted by Crippen LogP contribution is -2.39. The molecule has 1 aliphatic heterocycles. The molecule has 1 fully saturated rings. The second-order valence-corrected chi connectivity index (χ2v) is 5.87. The summed E-state index contributed by atoms with van der Waals surface area (Å²) >= 11 is 3.31. The summed E-state index contributed by atoms with van der Waals surface area (Å²) < 4.78 is 11.5. The SMILES string of the molecule is COC1(c2nc(C(C)C)c(Br)c(=O)[nH]2)CCOCC1. The van der Waals surface area contributed by atoms with Gasteiger partial charge in [0.15, 0.2) is 0 Å². The number of ether oxygens (including phenoxy) is 2. The molecule has 5 nitrogen and oxygen atoms in total. The molecular formula is C13H19BrN2O3. The van der Waals surface area contributed by atoms with Crippen LogP contribution in [0.3, 0.4) is 0 Å². The molecule has 1 aliphatic rings. The molecule has 19 heavy (non-hydrogen) atoms. The fraction of sp³-hybridized carbons (Fsp3) is 0.692. The van der Waals surface area contributed by atoms with Crippen molar-refractivity contribution < 1.29 is 9.47 Å². The van der Waals surface area contributed by atoms with Gasteiger partial charge in [-0.25, -0.2) is 4.98 Å². The van der Waals surface area contributed by atoms with Gasteiger partial charge < -0.3 is 14.5 Å². The molecule has 2 rings (SSSR count). The van der Waals surface area contributed by atoms with E-state index in [2.05, 4.69) is 25.9 Å². The highest BCUT2D eigenvalue weighted by Crippen LogP contribution is 2.34. The topological polar surface area (TPSA) is 64.2 Å². The second-order valence-electron chi connectivity index (χ2n) is 5.08. The van der Waals surface area contributed by atoms with Gasteiger partial charge in [-0.05, 0) is 21.8 Å². The Morgan fingerprint density at radius 1 is 1.42 bits per heavy atom. The summed E-state index contributed by atoms with van der Waals surface area (Å²) in [7, 11) is 1.66. The van der Waals surface area contributed by atoms with Crippen LogP contribution in [0.25, 0.3) is 0 Å². The summed E-state index contributed by atoms with van der Waals surface area (Å²) in [6.07, 6.45) is 1.40. The normalized spacial score (nSPS) is 18.8. The molecule has 1 aromatic rings. The lowest BCUT2D eigenvalue weighted by Gasteiger charge is -2.35. The van der Waals surface area contributed by atoms with Gasteiger partial charge in [-0.3, -0.25) is 4.79 Å². The van der Waals surface area contributed by atoms with Crippen molar-refractivity contribution in [1.82, 2.24) is 9.97 Å². The average molecular weight is 331 g/mol. The van der Waals surface area contributed by atoms with Gasteiger partial charge in [-0.2, -0.15) is 0 Å². The maximum atomic E-state index is 12.0. The molecular weight excluding hydrogens is 312 g/mol. The van der Waals surface area contributed by atoms with Gasteiger partial charge in [-0.1, -0.05) is 13.8 Å². The van der Waals surface area contributed by atoms with E-state index in [1.807, 2.05) is 13.8 Å². The van der Waals surface area contributed by atoms with E-state index < -0.39 is 5.60 Å². The highest BCUT2D eigenvalue weighted by Gasteiger charge is 2.37. The standard InChI is InChI=1S/C13H19BrN2O3/c1-8(2)10-9(14)11(17)16-12(15-10)13(18-3)4-6-19-7-5-13/h8H,4-7H2,1-3H3,(H,15,16,17). The fourth-order valence-electron chi connectivity index (χ4n) is 2.31. The third-order valence-electron chi connectivity index (χ3n) is 3.56. The van der Waals surface area contributed by atoms with Crippen molar-refractivity contribution in [2.45, 2.75) is 38.2 Å². The number of aromatic nitrogens is 2. The van der Waals surface area contributed by atoms with Crippen molar-refractivity contribution in [3.05, 3.63) is 26.3 Å². The maximum Gasteiger partial charge on any atom is 0.265 e.